The van der Waals surface area contributed by atoms with Gasteiger partial charge in [0, 0.05) is 19.0 Å². The molecule has 0 saturated heterocycles. The normalized spacial score (nSPS) is 43.1. The number of nitrogens with zero attached hydrogens (tertiary/aromatic N) is 1. The molecule has 0 heterocycles. The van der Waals surface area contributed by atoms with Gasteiger partial charge in [-0.25, -0.2) is 0 Å². The molecule has 34 heavy (non-hydrogen) atoms. The van der Waals surface area contributed by atoms with Crippen LogP contribution in [0.15, 0.2) is 0 Å². The zero-order valence-corrected chi connectivity index (χ0v) is 24.3. The predicted octanol–water partition coefficient (Wildman–Crippen LogP) is 7.92. The largest absolute Gasteiger partial charge is 0.328 e. The van der Waals surface area contributed by atoms with Crippen LogP contribution < -0.4 is 5.32 Å². The highest BCUT2D eigenvalue weighted by atomic mass is 15.3. The summed E-state index contributed by atoms with van der Waals surface area (Å²) in [4.78, 5) is 0. The van der Waals surface area contributed by atoms with Gasteiger partial charge in [0.2, 0.25) is 0 Å². The molecule has 4 aliphatic rings. The average molecular weight is 474 g/mol. The highest BCUT2D eigenvalue weighted by molar-refractivity contribution is 5.10. The van der Waals surface area contributed by atoms with Gasteiger partial charge in [-0.3, -0.25) is 0 Å². The van der Waals surface area contributed by atoms with Crippen LogP contribution in [0.5, 0.6) is 0 Å². The first kappa shape index (κ1) is 27.0. The third-order valence-electron chi connectivity index (χ3n) is 12.4. The fraction of sp³-hybridized carbons (Fsp3) is 1.00. The van der Waals surface area contributed by atoms with Crippen LogP contribution in [-0.4, -0.2) is 44.3 Å². The molecule has 2 nitrogen and oxygen atoms in total. The summed E-state index contributed by atoms with van der Waals surface area (Å²) in [7, 11) is 4.81. The van der Waals surface area contributed by atoms with E-state index in [2.05, 4.69) is 54.0 Å². The van der Waals surface area contributed by atoms with Gasteiger partial charge < -0.3 is 9.80 Å². The smallest absolute Gasteiger partial charge is 0.0794 e. The Hall–Kier alpha value is -0.0800. The lowest BCUT2D eigenvalue weighted by molar-refractivity contribution is -0.890. The molecule has 0 aromatic carbocycles. The van der Waals surface area contributed by atoms with Crippen molar-refractivity contribution in [3.8, 4) is 0 Å². The molecular weight excluding hydrogens is 412 g/mol. The summed E-state index contributed by atoms with van der Waals surface area (Å²) in [6.07, 6.45) is 19.1. The van der Waals surface area contributed by atoms with Crippen molar-refractivity contribution >= 4 is 0 Å². The summed E-state index contributed by atoms with van der Waals surface area (Å²) in [6.45, 7) is 16.6. The van der Waals surface area contributed by atoms with E-state index in [1.54, 1.807) is 19.3 Å². The third-order valence-corrected chi connectivity index (χ3v) is 12.4. The lowest BCUT2D eigenvalue weighted by atomic mass is 9.44. The minimum Gasteiger partial charge on any atom is -0.328 e. The Labute approximate surface area is 214 Å². The van der Waals surface area contributed by atoms with E-state index in [1.807, 2.05) is 0 Å². The maximum absolute atomic E-state index is 4.02. The average Bonchev–Trinajstić information content (AvgIpc) is 3.14. The number of nitrogens with one attached hydrogen (secondary N) is 1. The molecule has 9 atom stereocenters. The van der Waals surface area contributed by atoms with E-state index in [4.69, 9.17) is 0 Å². The predicted molar refractivity (Wildman–Crippen MR) is 148 cm³/mol. The molecule has 0 bridgehead atoms. The van der Waals surface area contributed by atoms with Crippen LogP contribution in [0.25, 0.3) is 0 Å². The quantitative estimate of drug-likeness (QED) is 0.251. The van der Waals surface area contributed by atoms with E-state index in [9.17, 15) is 0 Å². The Morgan fingerprint density at radius 3 is 2.32 bits per heavy atom. The SMILES string of the molecule is CCC[C@@H](C)[C@H]1CCC2C3CCC4CC(NCCC[N+](C)(C)CCC)CC[C@]4(C)C3CC[C@@]21C. The first-order chi connectivity index (χ1) is 16.1. The van der Waals surface area contributed by atoms with E-state index in [1.165, 1.54) is 88.3 Å². The summed E-state index contributed by atoms with van der Waals surface area (Å²) >= 11 is 0. The molecule has 5 unspecified atom stereocenters. The van der Waals surface area contributed by atoms with Crippen molar-refractivity contribution in [1.29, 1.82) is 0 Å². The standard InChI is InChI=1S/C32H61N2/c1-8-11-24(3)28-14-15-29-27-13-12-25-23-26(33-20-10-22-34(6,7)21-9-2)16-18-31(25,4)30(27)17-19-32(28,29)5/h24-30,33H,8-23H2,1-7H3/q+1/t24-,25?,26?,27?,28-,29?,30?,31+,32-/m1/s1. The fourth-order valence-electron chi connectivity index (χ4n) is 10.6. The molecule has 0 aliphatic heterocycles. The first-order valence-electron chi connectivity index (χ1n) is 15.7. The second kappa shape index (κ2) is 10.7. The van der Waals surface area contributed by atoms with Gasteiger partial charge in [-0.1, -0.05) is 47.5 Å². The molecule has 2 heteroatoms. The fourth-order valence-corrected chi connectivity index (χ4v) is 10.6. The molecular formula is C32H61N2+. The van der Waals surface area contributed by atoms with Gasteiger partial charge in [0.25, 0.3) is 0 Å². The third kappa shape index (κ3) is 5.16. The molecule has 198 valence electrons. The Morgan fingerprint density at radius 1 is 0.853 bits per heavy atom. The molecule has 0 aromatic heterocycles. The Bertz CT molecular complexity index is 657. The van der Waals surface area contributed by atoms with Crippen LogP contribution in [0.3, 0.4) is 0 Å². The summed E-state index contributed by atoms with van der Waals surface area (Å²) < 4.78 is 1.19. The van der Waals surface area contributed by atoms with Crippen molar-refractivity contribution in [1.82, 2.24) is 5.32 Å². The highest BCUT2D eigenvalue weighted by Gasteiger charge is 2.60. The molecule has 4 rings (SSSR count). The van der Waals surface area contributed by atoms with E-state index < -0.39 is 0 Å². The van der Waals surface area contributed by atoms with E-state index >= 15 is 0 Å². The number of quaternary nitrogens is 1. The molecule has 0 aromatic rings. The highest BCUT2D eigenvalue weighted by Crippen LogP contribution is 2.68. The van der Waals surface area contributed by atoms with Gasteiger partial charge in [-0.2, -0.15) is 0 Å². The second-order valence-electron chi connectivity index (χ2n) is 14.8. The molecule has 0 spiro atoms. The van der Waals surface area contributed by atoms with Gasteiger partial charge in [-0.05, 0) is 111 Å². The summed E-state index contributed by atoms with van der Waals surface area (Å²) in [5, 5.41) is 4.02. The minimum absolute atomic E-state index is 0.634. The van der Waals surface area contributed by atoms with Gasteiger partial charge in [0.05, 0.1) is 27.2 Å². The Kier molecular flexibility index (Phi) is 8.51. The zero-order chi connectivity index (χ0) is 24.6. The van der Waals surface area contributed by atoms with Crippen molar-refractivity contribution in [2.45, 2.75) is 124 Å². The van der Waals surface area contributed by atoms with Crippen molar-refractivity contribution < 1.29 is 4.48 Å². The summed E-state index contributed by atoms with van der Waals surface area (Å²) in [5.74, 6) is 6.03. The lowest BCUT2D eigenvalue weighted by Gasteiger charge is -2.61. The summed E-state index contributed by atoms with van der Waals surface area (Å²) in [6, 6.07) is 0.788. The minimum atomic E-state index is 0.634. The van der Waals surface area contributed by atoms with E-state index in [0.717, 1.165) is 41.5 Å². The zero-order valence-electron chi connectivity index (χ0n) is 24.3. The number of fused-ring (bicyclic) bond motifs is 5. The van der Waals surface area contributed by atoms with Crippen LogP contribution in [0.4, 0.5) is 0 Å². The number of hydrogen-bond donors (Lipinski definition) is 1. The number of hydrogen-bond acceptors (Lipinski definition) is 1. The van der Waals surface area contributed by atoms with Gasteiger partial charge in [0.15, 0.2) is 0 Å². The van der Waals surface area contributed by atoms with Crippen molar-refractivity contribution in [2.24, 2.45) is 46.3 Å². The molecule has 0 radical (unpaired) electrons. The topological polar surface area (TPSA) is 12.0 Å². The molecule has 1 N–H and O–H groups in total. The second-order valence-corrected chi connectivity index (χ2v) is 14.8. The molecule has 4 aliphatic carbocycles. The van der Waals surface area contributed by atoms with Crippen LogP contribution in [0.2, 0.25) is 0 Å². The van der Waals surface area contributed by atoms with Gasteiger partial charge in [0.1, 0.15) is 0 Å². The number of rotatable bonds is 10. The lowest BCUT2D eigenvalue weighted by Crippen LogP contribution is -2.55. The monoisotopic (exact) mass is 473 g/mol. The summed E-state index contributed by atoms with van der Waals surface area (Å²) in [5.41, 5.74) is 1.29. The van der Waals surface area contributed by atoms with Crippen molar-refractivity contribution in [3.63, 3.8) is 0 Å². The molecule has 4 saturated carbocycles. The van der Waals surface area contributed by atoms with Crippen LogP contribution in [-0.2, 0) is 0 Å². The molecule has 0 amide bonds. The molecule has 4 fully saturated rings. The Balaban J connectivity index is 1.32. The van der Waals surface area contributed by atoms with E-state index in [0.29, 0.717) is 10.8 Å². The van der Waals surface area contributed by atoms with Gasteiger partial charge >= 0.3 is 0 Å². The van der Waals surface area contributed by atoms with Gasteiger partial charge in [-0.15, -0.1) is 0 Å². The van der Waals surface area contributed by atoms with Crippen LogP contribution in [0, 0.1) is 46.3 Å². The van der Waals surface area contributed by atoms with Crippen molar-refractivity contribution in [2.75, 3.05) is 33.7 Å². The maximum Gasteiger partial charge on any atom is 0.0794 e. The van der Waals surface area contributed by atoms with Crippen LogP contribution in [0.1, 0.15) is 118 Å². The van der Waals surface area contributed by atoms with Crippen LogP contribution >= 0.6 is 0 Å². The maximum atomic E-state index is 4.02. The first-order valence-corrected chi connectivity index (χ1v) is 15.7. The van der Waals surface area contributed by atoms with Crippen molar-refractivity contribution in [3.05, 3.63) is 0 Å². The Morgan fingerprint density at radius 2 is 1.59 bits per heavy atom. The van der Waals surface area contributed by atoms with E-state index in [-0.39, 0.29) is 0 Å².